The van der Waals surface area contributed by atoms with Crippen molar-refractivity contribution < 1.29 is 9.59 Å². The van der Waals surface area contributed by atoms with Crippen LogP contribution in [-0.4, -0.2) is 30.2 Å². The lowest BCUT2D eigenvalue weighted by atomic mass is 10.3. The molecule has 0 spiro atoms. The fourth-order valence-electron chi connectivity index (χ4n) is 0.692. The van der Waals surface area contributed by atoms with Crippen LogP contribution in [0.1, 0.15) is 20.3 Å². The Hall–Kier alpha value is -0.860. The standard InChI is InChI=1S/C7H13NO2/c1-4-7(10)8(3)5-6(2)9/h4-5H2,1-3H3. The van der Waals surface area contributed by atoms with E-state index in [0.29, 0.717) is 6.42 Å². The fraction of sp³-hybridized carbons (Fsp3) is 0.714. The normalized spacial score (nSPS) is 9.10. The van der Waals surface area contributed by atoms with Gasteiger partial charge in [0.2, 0.25) is 5.91 Å². The van der Waals surface area contributed by atoms with Crippen LogP contribution in [0.15, 0.2) is 0 Å². The number of hydrogen-bond acceptors (Lipinski definition) is 2. The Bertz CT molecular complexity index is 143. The number of carbonyl (C=O) groups excluding carboxylic acids is 2. The highest BCUT2D eigenvalue weighted by atomic mass is 16.2. The Kier molecular flexibility index (Phi) is 3.69. The van der Waals surface area contributed by atoms with Gasteiger partial charge in [-0.25, -0.2) is 0 Å². The number of Topliss-reactive ketones (excluding diaryl/α,β-unsaturated/α-hetero) is 1. The van der Waals surface area contributed by atoms with Gasteiger partial charge >= 0.3 is 0 Å². The molecule has 0 aromatic carbocycles. The molecule has 0 aliphatic carbocycles. The average molecular weight is 143 g/mol. The molecular formula is C7H13NO2. The minimum absolute atomic E-state index is 0.00944. The zero-order chi connectivity index (χ0) is 8.15. The van der Waals surface area contributed by atoms with Crippen molar-refractivity contribution in [2.45, 2.75) is 20.3 Å². The van der Waals surface area contributed by atoms with Gasteiger partial charge in [0.25, 0.3) is 0 Å². The summed E-state index contributed by atoms with van der Waals surface area (Å²) in [5.41, 5.74) is 0. The molecule has 0 saturated carbocycles. The van der Waals surface area contributed by atoms with Gasteiger partial charge in [-0.1, -0.05) is 6.92 Å². The first-order valence-electron chi connectivity index (χ1n) is 3.31. The van der Waals surface area contributed by atoms with Crippen molar-refractivity contribution in [2.24, 2.45) is 0 Å². The number of carbonyl (C=O) groups is 2. The third-order valence-corrected chi connectivity index (χ3v) is 1.19. The monoisotopic (exact) mass is 143 g/mol. The topological polar surface area (TPSA) is 37.4 Å². The minimum atomic E-state index is 0.00944. The second-order valence-electron chi connectivity index (χ2n) is 2.31. The molecule has 0 unspecified atom stereocenters. The molecule has 0 rings (SSSR count). The molecule has 0 aromatic heterocycles. The number of rotatable bonds is 3. The Balaban J connectivity index is 3.72. The highest BCUT2D eigenvalue weighted by Gasteiger charge is 2.06. The summed E-state index contributed by atoms with van der Waals surface area (Å²) in [6.07, 6.45) is 0.462. The number of nitrogens with zero attached hydrogens (tertiary/aromatic N) is 1. The molecule has 0 bridgehead atoms. The summed E-state index contributed by atoms with van der Waals surface area (Å²) in [6, 6.07) is 0. The Morgan fingerprint density at radius 2 is 1.90 bits per heavy atom. The third-order valence-electron chi connectivity index (χ3n) is 1.19. The number of ketones is 1. The van der Waals surface area contributed by atoms with Gasteiger partial charge in [-0.15, -0.1) is 0 Å². The van der Waals surface area contributed by atoms with Gasteiger partial charge in [-0.3, -0.25) is 9.59 Å². The number of amides is 1. The van der Waals surface area contributed by atoms with Crippen LogP contribution in [0, 0.1) is 0 Å². The molecule has 0 fully saturated rings. The quantitative estimate of drug-likeness (QED) is 0.575. The molecule has 10 heavy (non-hydrogen) atoms. The second-order valence-corrected chi connectivity index (χ2v) is 2.31. The summed E-state index contributed by atoms with van der Waals surface area (Å²) >= 11 is 0. The number of likely N-dealkylation sites (N-methyl/N-ethyl adjacent to an activating group) is 1. The summed E-state index contributed by atoms with van der Waals surface area (Å²) < 4.78 is 0. The SMILES string of the molecule is CCC(=O)N(C)CC(C)=O. The van der Waals surface area contributed by atoms with Gasteiger partial charge in [0.05, 0.1) is 6.54 Å². The Morgan fingerprint density at radius 1 is 1.40 bits per heavy atom. The van der Waals surface area contributed by atoms with E-state index in [4.69, 9.17) is 0 Å². The molecular weight excluding hydrogens is 130 g/mol. The molecule has 0 aromatic rings. The van der Waals surface area contributed by atoms with Gasteiger partial charge in [-0.2, -0.15) is 0 Å². The van der Waals surface area contributed by atoms with Crippen LogP contribution in [0.2, 0.25) is 0 Å². The van der Waals surface area contributed by atoms with Gasteiger partial charge in [0, 0.05) is 13.5 Å². The van der Waals surface area contributed by atoms with Gasteiger partial charge in [0.1, 0.15) is 5.78 Å². The Labute approximate surface area is 61.0 Å². The zero-order valence-corrected chi connectivity index (χ0v) is 6.68. The lowest BCUT2D eigenvalue weighted by molar-refractivity contribution is -0.133. The number of hydrogen-bond donors (Lipinski definition) is 0. The van der Waals surface area contributed by atoms with E-state index in [2.05, 4.69) is 0 Å². The summed E-state index contributed by atoms with van der Waals surface area (Å²) in [6.45, 7) is 3.48. The highest BCUT2D eigenvalue weighted by molar-refractivity contribution is 5.84. The molecule has 0 N–H and O–H groups in total. The van der Waals surface area contributed by atoms with E-state index in [9.17, 15) is 9.59 Å². The summed E-state index contributed by atoms with van der Waals surface area (Å²) in [5, 5.41) is 0. The predicted molar refractivity (Wildman–Crippen MR) is 38.6 cm³/mol. The molecule has 58 valence electrons. The lowest BCUT2D eigenvalue weighted by Gasteiger charge is -2.13. The van der Waals surface area contributed by atoms with Crippen molar-refractivity contribution in [1.29, 1.82) is 0 Å². The maximum atomic E-state index is 10.8. The van der Waals surface area contributed by atoms with Crippen molar-refractivity contribution >= 4 is 11.7 Å². The first-order chi connectivity index (χ1) is 4.57. The smallest absolute Gasteiger partial charge is 0.222 e. The summed E-state index contributed by atoms with van der Waals surface area (Å²) in [7, 11) is 1.63. The van der Waals surface area contributed by atoms with Crippen LogP contribution < -0.4 is 0 Å². The van der Waals surface area contributed by atoms with Gasteiger partial charge < -0.3 is 4.90 Å². The molecule has 3 heteroatoms. The van der Waals surface area contributed by atoms with Crippen molar-refractivity contribution in [3.05, 3.63) is 0 Å². The van der Waals surface area contributed by atoms with Crippen LogP contribution in [0.25, 0.3) is 0 Å². The first-order valence-corrected chi connectivity index (χ1v) is 3.31. The second kappa shape index (κ2) is 4.04. The van der Waals surface area contributed by atoms with Crippen molar-refractivity contribution in [1.82, 2.24) is 4.90 Å². The molecule has 1 amide bonds. The van der Waals surface area contributed by atoms with Crippen LogP contribution >= 0.6 is 0 Å². The van der Waals surface area contributed by atoms with Crippen molar-refractivity contribution in [3.63, 3.8) is 0 Å². The van der Waals surface area contributed by atoms with E-state index in [-0.39, 0.29) is 18.2 Å². The van der Waals surface area contributed by atoms with E-state index < -0.39 is 0 Å². The molecule has 0 aliphatic heterocycles. The molecule has 3 nitrogen and oxygen atoms in total. The van der Waals surface area contributed by atoms with E-state index in [0.717, 1.165) is 0 Å². The van der Waals surface area contributed by atoms with Crippen molar-refractivity contribution in [3.8, 4) is 0 Å². The molecule has 0 heterocycles. The molecule has 0 aliphatic rings. The summed E-state index contributed by atoms with van der Waals surface area (Å²) in [5.74, 6) is 0.0273. The van der Waals surface area contributed by atoms with Crippen LogP contribution in [-0.2, 0) is 9.59 Å². The predicted octanol–water partition coefficient (Wildman–Crippen LogP) is 0.444. The fourth-order valence-corrected chi connectivity index (χ4v) is 0.692. The van der Waals surface area contributed by atoms with Crippen LogP contribution in [0.4, 0.5) is 0 Å². The molecule has 0 radical (unpaired) electrons. The van der Waals surface area contributed by atoms with E-state index in [1.807, 2.05) is 0 Å². The van der Waals surface area contributed by atoms with E-state index in [1.54, 1.807) is 14.0 Å². The van der Waals surface area contributed by atoms with E-state index >= 15 is 0 Å². The minimum Gasteiger partial charge on any atom is -0.338 e. The van der Waals surface area contributed by atoms with Crippen molar-refractivity contribution in [2.75, 3.05) is 13.6 Å². The lowest BCUT2D eigenvalue weighted by Crippen LogP contribution is -2.30. The maximum absolute atomic E-state index is 10.8. The van der Waals surface area contributed by atoms with Crippen LogP contribution in [0.5, 0.6) is 0 Å². The van der Waals surface area contributed by atoms with E-state index in [1.165, 1.54) is 11.8 Å². The van der Waals surface area contributed by atoms with Crippen LogP contribution in [0.3, 0.4) is 0 Å². The third kappa shape index (κ3) is 3.22. The van der Waals surface area contributed by atoms with Gasteiger partial charge in [0.15, 0.2) is 0 Å². The molecule has 0 saturated heterocycles. The molecule has 0 atom stereocenters. The summed E-state index contributed by atoms with van der Waals surface area (Å²) in [4.78, 5) is 22.7. The Morgan fingerprint density at radius 3 is 2.20 bits per heavy atom. The van der Waals surface area contributed by atoms with Gasteiger partial charge in [-0.05, 0) is 6.92 Å². The highest BCUT2D eigenvalue weighted by Crippen LogP contribution is 1.88. The average Bonchev–Trinajstić information content (AvgIpc) is 1.85. The largest absolute Gasteiger partial charge is 0.338 e. The first kappa shape index (κ1) is 9.14. The zero-order valence-electron chi connectivity index (χ0n) is 6.68. The maximum Gasteiger partial charge on any atom is 0.222 e.